The molecule has 2 aromatic carbocycles. The lowest BCUT2D eigenvalue weighted by Crippen LogP contribution is -2.48. The molecule has 0 saturated carbocycles. The predicted molar refractivity (Wildman–Crippen MR) is 112 cm³/mol. The number of alkyl halides is 6. The number of hydrogen-bond donors (Lipinski definition) is 0. The number of rotatable bonds is 7. The maximum absolute atomic E-state index is 13.2. The molecule has 0 N–H and O–H groups in total. The average molecular weight is 533 g/mol. The van der Waals surface area contributed by atoms with Gasteiger partial charge in [0.05, 0.1) is 0 Å². The van der Waals surface area contributed by atoms with E-state index >= 15 is 0 Å². The minimum absolute atomic E-state index is 0.0166. The summed E-state index contributed by atoms with van der Waals surface area (Å²) in [5.74, 6) is -1.12. The van der Waals surface area contributed by atoms with Crippen molar-refractivity contribution in [3.63, 3.8) is 0 Å². The Morgan fingerprint density at radius 3 is 1.94 bits per heavy atom. The third kappa shape index (κ3) is 7.06. The van der Waals surface area contributed by atoms with Gasteiger partial charge in [-0.15, -0.1) is 0 Å². The molecule has 2 aromatic rings. The van der Waals surface area contributed by atoms with Crippen molar-refractivity contribution in [2.75, 3.05) is 44.3 Å². The maximum atomic E-state index is 13.2. The fraction of sp³-hybridized carbons (Fsp3) is 0.400. The van der Waals surface area contributed by atoms with Crippen LogP contribution in [-0.2, 0) is 10.0 Å². The fourth-order valence-electron chi connectivity index (χ4n) is 3.20. The van der Waals surface area contributed by atoms with E-state index < -0.39 is 52.0 Å². The van der Waals surface area contributed by atoms with Crippen molar-refractivity contribution in [3.8, 4) is 11.5 Å². The molecule has 6 nitrogen and oxygen atoms in total. The molecule has 0 unspecified atom stereocenters. The minimum Gasteiger partial charge on any atom is -0.484 e. The van der Waals surface area contributed by atoms with Gasteiger partial charge >= 0.3 is 12.4 Å². The summed E-state index contributed by atoms with van der Waals surface area (Å²) in [6.07, 6.45) is -9.45. The summed E-state index contributed by atoms with van der Waals surface area (Å²) in [6, 6.07) is 9.36. The second-order valence-electron chi connectivity index (χ2n) is 7.28. The molecule has 1 aliphatic heterocycles. The molecule has 0 atom stereocenters. The molecule has 1 saturated heterocycles. The fourth-order valence-corrected chi connectivity index (χ4v) is 4.90. The number of ether oxygens (including phenoxy) is 2. The Kier molecular flexibility index (Phi) is 7.78. The second-order valence-corrected chi connectivity index (χ2v) is 9.63. The standard InChI is InChI=1S/C20H19ClF6N2O4S/c21-14-1-3-15(4-2-14)28-7-9-29(10-8-28)34(30,31)18-11-16(32-12-19(22,23)24)5-6-17(18)33-13-20(25,26)27/h1-6,11H,7-10,12-13H2. The largest absolute Gasteiger partial charge is 0.484 e. The maximum Gasteiger partial charge on any atom is 0.422 e. The summed E-state index contributed by atoms with van der Waals surface area (Å²) in [4.78, 5) is 1.18. The van der Waals surface area contributed by atoms with E-state index in [0.717, 1.165) is 28.2 Å². The molecule has 0 radical (unpaired) electrons. The van der Waals surface area contributed by atoms with Crippen molar-refractivity contribution in [2.24, 2.45) is 0 Å². The first-order valence-corrected chi connectivity index (χ1v) is 11.6. The van der Waals surface area contributed by atoms with Gasteiger partial charge in [0.15, 0.2) is 13.2 Å². The highest BCUT2D eigenvalue weighted by atomic mass is 35.5. The van der Waals surface area contributed by atoms with Gasteiger partial charge in [-0.05, 0) is 36.4 Å². The van der Waals surface area contributed by atoms with Crippen LogP contribution >= 0.6 is 11.6 Å². The molecule has 0 amide bonds. The summed E-state index contributed by atoms with van der Waals surface area (Å²) in [5.41, 5.74) is 0.804. The van der Waals surface area contributed by atoms with Gasteiger partial charge in [-0.1, -0.05) is 11.6 Å². The van der Waals surface area contributed by atoms with Gasteiger partial charge in [-0.25, -0.2) is 8.42 Å². The lowest BCUT2D eigenvalue weighted by molar-refractivity contribution is -0.154. The van der Waals surface area contributed by atoms with E-state index in [2.05, 4.69) is 9.47 Å². The van der Waals surface area contributed by atoms with Crippen molar-refractivity contribution in [3.05, 3.63) is 47.5 Å². The van der Waals surface area contributed by atoms with Crippen LogP contribution in [0, 0.1) is 0 Å². The summed E-state index contributed by atoms with van der Waals surface area (Å²) in [7, 11) is -4.42. The molecule has 1 heterocycles. The Bertz CT molecular complexity index is 1090. The third-order valence-corrected chi connectivity index (χ3v) is 6.93. The van der Waals surface area contributed by atoms with Gasteiger partial charge in [0.1, 0.15) is 16.4 Å². The molecule has 1 fully saturated rings. The van der Waals surface area contributed by atoms with Gasteiger partial charge in [0, 0.05) is 43.0 Å². The van der Waals surface area contributed by atoms with Gasteiger partial charge in [-0.3, -0.25) is 0 Å². The summed E-state index contributed by atoms with van der Waals surface area (Å²) >= 11 is 5.87. The normalized spacial score (nSPS) is 15.9. The van der Waals surface area contributed by atoms with Crippen LogP contribution in [0.3, 0.4) is 0 Å². The van der Waals surface area contributed by atoms with E-state index in [1.807, 2.05) is 4.90 Å². The Morgan fingerprint density at radius 1 is 0.824 bits per heavy atom. The smallest absolute Gasteiger partial charge is 0.422 e. The van der Waals surface area contributed by atoms with Crippen LogP contribution in [-0.4, -0.2) is 64.5 Å². The zero-order valence-electron chi connectivity index (χ0n) is 17.4. The van der Waals surface area contributed by atoms with Gasteiger partial charge in [0.25, 0.3) is 0 Å². The lowest BCUT2D eigenvalue weighted by atomic mass is 10.2. The van der Waals surface area contributed by atoms with E-state index in [0.29, 0.717) is 5.02 Å². The quantitative estimate of drug-likeness (QED) is 0.483. The summed E-state index contributed by atoms with van der Waals surface area (Å²) < 4.78 is 112. The van der Waals surface area contributed by atoms with Gasteiger partial charge in [-0.2, -0.15) is 30.6 Å². The van der Waals surface area contributed by atoms with Gasteiger partial charge < -0.3 is 14.4 Å². The Balaban J connectivity index is 1.83. The number of benzene rings is 2. The summed E-state index contributed by atoms with van der Waals surface area (Å²) in [5, 5.41) is 0.531. The molecule has 14 heteroatoms. The molecule has 34 heavy (non-hydrogen) atoms. The molecule has 0 spiro atoms. The average Bonchev–Trinajstić information content (AvgIpc) is 2.76. The minimum atomic E-state index is -4.75. The highest BCUT2D eigenvalue weighted by Crippen LogP contribution is 2.33. The van der Waals surface area contributed by atoms with Crippen molar-refractivity contribution in [1.29, 1.82) is 0 Å². The number of piperazine rings is 1. The summed E-state index contributed by atoms with van der Waals surface area (Å²) in [6.45, 7) is -2.97. The van der Waals surface area contributed by atoms with Crippen LogP contribution in [0.4, 0.5) is 32.0 Å². The van der Waals surface area contributed by atoms with Crippen LogP contribution < -0.4 is 14.4 Å². The Labute approximate surface area is 196 Å². The van der Waals surface area contributed by atoms with E-state index in [4.69, 9.17) is 11.6 Å². The SMILES string of the molecule is O=S(=O)(c1cc(OCC(F)(F)F)ccc1OCC(F)(F)F)N1CCN(c2ccc(Cl)cc2)CC1. The number of nitrogens with zero attached hydrogens (tertiary/aromatic N) is 2. The zero-order valence-corrected chi connectivity index (χ0v) is 18.9. The molecule has 188 valence electrons. The van der Waals surface area contributed by atoms with E-state index in [1.165, 1.54) is 0 Å². The Morgan fingerprint density at radius 2 is 1.38 bits per heavy atom. The van der Waals surface area contributed by atoms with Crippen LogP contribution in [0.25, 0.3) is 0 Å². The van der Waals surface area contributed by atoms with E-state index in [1.54, 1.807) is 24.3 Å². The number of halogens is 7. The monoisotopic (exact) mass is 532 g/mol. The molecule has 0 bridgehead atoms. The van der Waals surface area contributed by atoms with Crippen LogP contribution in [0.5, 0.6) is 11.5 Å². The van der Waals surface area contributed by atoms with Crippen molar-refractivity contribution < 1.29 is 44.2 Å². The van der Waals surface area contributed by atoms with Crippen molar-refractivity contribution in [2.45, 2.75) is 17.2 Å². The van der Waals surface area contributed by atoms with Gasteiger partial charge in [0.2, 0.25) is 10.0 Å². The van der Waals surface area contributed by atoms with E-state index in [9.17, 15) is 34.8 Å². The first-order chi connectivity index (χ1) is 15.7. The zero-order chi connectivity index (χ0) is 25.1. The Hall–Kier alpha value is -2.38. The molecule has 3 rings (SSSR count). The first kappa shape index (κ1) is 26.2. The van der Waals surface area contributed by atoms with Crippen molar-refractivity contribution in [1.82, 2.24) is 4.31 Å². The molecule has 0 aromatic heterocycles. The van der Waals surface area contributed by atoms with E-state index in [-0.39, 0.29) is 26.2 Å². The van der Waals surface area contributed by atoms with Crippen LogP contribution in [0.15, 0.2) is 47.4 Å². The highest BCUT2D eigenvalue weighted by molar-refractivity contribution is 7.89. The lowest BCUT2D eigenvalue weighted by Gasteiger charge is -2.35. The van der Waals surface area contributed by atoms with Crippen molar-refractivity contribution >= 4 is 27.3 Å². The first-order valence-electron chi connectivity index (χ1n) is 9.78. The molecular weight excluding hydrogens is 514 g/mol. The molecule has 0 aliphatic carbocycles. The van der Waals surface area contributed by atoms with Crippen LogP contribution in [0.1, 0.15) is 0 Å². The molecule has 1 aliphatic rings. The predicted octanol–water partition coefficient (Wildman–Crippen LogP) is 4.73. The third-order valence-electron chi connectivity index (χ3n) is 4.76. The number of anilines is 1. The number of sulfonamides is 1. The molecular formula is C20H19ClF6N2O4S. The van der Waals surface area contributed by atoms with Crippen LogP contribution in [0.2, 0.25) is 5.02 Å². The highest BCUT2D eigenvalue weighted by Gasteiger charge is 2.34. The number of hydrogen-bond acceptors (Lipinski definition) is 5. The second kappa shape index (κ2) is 10.1. The topological polar surface area (TPSA) is 59.1 Å².